The highest BCUT2D eigenvalue weighted by Gasteiger charge is 2.30. The van der Waals surface area contributed by atoms with E-state index < -0.39 is 0 Å². The number of likely N-dealkylation sites (tertiary alicyclic amines) is 1. The summed E-state index contributed by atoms with van der Waals surface area (Å²) in [5, 5.41) is 4.18. The lowest BCUT2D eigenvalue weighted by Gasteiger charge is -2.36. The van der Waals surface area contributed by atoms with Crippen LogP contribution in [0.25, 0.3) is 10.1 Å². The number of carbonyl (C=O) groups is 2. The van der Waals surface area contributed by atoms with Gasteiger partial charge in [0.15, 0.2) is 0 Å². The Bertz CT molecular complexity index is 1060. The average Bonchev–Trinajstić information content (AvgIpc) is 3.13. The van der Waals surface area contributed by atoms with Crippen LogP contribution in [0.2, 0.25) is 0 Å². The second-order valence-corrected chi connectivity index (χ2v) is 9.52. The molecule has 0 bridgehead atoms. The van der Waals surface area contributed by atoms with Crippen LogP contribution in [-0.2, 0) is 17.6 Å². The Morgan fingerprint density at radius 3 is 2.74 bits per heavy atom. The lowest BCUT2D eigenvalue weighted by Crippen LogP contribution is -2.45. The van der Waals surface area contributed by atoms with Gasteiger partial charge in [0.2, 0.25) is 5.91 Å². The fourth-order valence-electron chi connectivity index (χ4n) is 4.35. The fraction of sp³-hybridized carbons (Fsp3) is 0.400. The summed E-state index contributed by atoms with van der Waals surface area (Å²) in [5.41, 5.74) is 1.87. The molecule has 1 unspecified atom stereocenters. The SMILES string of the molecule is CC(C)NC(=O)c1sc2ccccc2c1CC1CCCCN1C(=O)Cc1ccccn1. The van der Waals surface area contributed by atoms with Gasteiger partial charge in [-0.3, -0.25) is 14.6 Å². The highest BCUT2D eigenvalue weighted by Crippen LogP contribution is 2.34. The summed E-state index contributed by atoms with van der Waals surface area (Å²) in [6.07, 6.45) is 5.85. The molecule has 1 fully saturated rings. The first-order valence-corrected chi connectivity index (χ1v) is 11.8. The summed E-state index contributed by atoms with van der Waals surface area (Å²) < 4.78 is 1.12. The van der Waals surface area contributed by atoms with E-state index in [1.807, 2.05) is 49.1 Å². The first-order chi connectivity index (χ1) is 15.0. The van der Waals surface area contributed by atoms with Crippen LogP contribution < -0.4 is 5.32 Å². The number of amides is 2. The maximum Gasteiger partial charge on any atom is 0.261 e. The molecule has 1 aliphatic heterocycles. The predicted octanol–water partition coefficient (Wildman–Crippen LogP) is 4.60. The third kappa shape index (κ3) is 4.96. The van der Waals surface area contributed by atoms with Gasteiger partial charge in [-0.25, -0.2) is 0 Å². The summed E-state index contributed by atoms with van der Waals surface area (Å²) in [6, 6.07) is 14.1. The smallest absolute Gasteiger partial charge is 0.261 e. The molecule has 0 radical (unpaired) electrons. The number of pyridine rings is 1. The van der Waals surface area contributed by atoms with E-state index in [9.17, 15) is 9.59 Å². The molecule has 162 valence electrons. The Balaban J connectivity index is 1.61. The number of nitrogens with zero attached hydrogens (tertiary/aromatic N) is 2. The highest BCUT2D eigenvalue weighted by molar-refractivity contribution is 7.21. The minimum Gasteiger partial charge on any atom is -0.349 e. The molecule has 31 heavy (non-hydrogen) atoms. The van der Waals surface area contributed by atoms with Crippen molar-refractivity contribution in [3.05, 3.63) is 64.8 Å². The van der Waals surface area contributed by atoms with Crippen LogP contribution in [0.1, 0.15) is 54.0 Å². The molecule has 4 rings (SSSR count). The van der Waals surface area contributed by atoms with Crippen molar-refractivity contribution in [1.29, 1.82) is 0 Å². The van der Waals surface area contributed by atoms with Gasteiger partial charge in [0, 0.05) is 35.2 Å². The van der Waals surface area contributed by atoms with Gasteiger partial charge in [-0.05, 0) is 68.7 Å². The van der Waals surface area contributed by atoms with Crippen molar-refractivity contribution in [3.63, 3.8) is 0 Å². The lowest BCUT2D eigenvalue weighted by molar-refractivity contribution is -0.134. The first kappa shape index (κ1) is 21.5. The van der Waals surface area contributed by atoms with Crippen molar-refractivity contribution < 1.29 is 9.59 Å². The van der Waals surface area contributed by atoms with Crippen molar-refractivity contribution in [2.75, 3.05) is 6.54 Å². The van der Waals surface area contributed by atoms with Gasteiger partial charge in [0.05, 0.1) is 11.3 Å². The van der Waals surface area contributed by atoms with Crippen molar-refractivity contribution in [1.82, 2.24) is 15.2 Å². The van der Waals surface area contributed by atoms with Crippen molar-refractivity contribution in [3.8, 4) is 0 Å². The van der Waals surface area contributed by atoms with Gasteiger partial charge in [-0.2, -0.15) is 0 Å². The predicted molar refractivity (Wildman–Crippen MR) is 125 cm³/mol. The molecular weight excluding hydrogens is 406 g/mol. The molecule has 0 spiro atoms. The van der Waals surface area contributed by atoms with Crippen molar-refractivity contribution in [2.24, 2.45) is 0 Å². The molecule has 1 atom stereocenters. The molecule has 0 aliphatic carbocycles. The maximum atomic E-state index is 13.1. The quantitative estimate of drug-likeness (QED) is 0.615. The largest absolute Gasteiger partial charge is 0.349 e. The number of rotatable bonds is 6. The summed E-state index contributed by atoms with van der Waals surface area (Å²) in [4.78, 5) is 33.2. The Morgan fingerprint density at radius 1 is 1.16 bits per heavy atom. The topological polar surface area (TPSA) is 62.3 Å². The number of nitrogens with one attached hydrogen (secondary N) is 1. The van der Waals surface area contributed by atoms with E-state index in [-0.39, 0.29) is 23.9 Å². The summed E-state index contributed by atoms with van der Waals surface area (Å²) in [6.45, 7) is 4.72. The van der Waals surface area contributed by atoms with E-state index in [0.29, 0.717) is 12.8 Å². The minimum atomic E-state index is -0.0200. The number of benzene rings is 1. The van der Waals surface area contributed by atoms with E-state index in [1.165, 1.54) is 0 Å². The number of hydrogen-bond acceptors (Lipinski definition) is 4. The van der Waals surface area contributed by atoms with Crippen molar-refractivity contribution in [2.45, 2.75) is 58.0 Å². The summed E-state index contributed by atoms with van der Waals surface area (Å²) in [5.74, 6) is 0.101. The van der Waals surface area contributed by atoms with E-state index in [1.54, 1.807) is 17.5 Å². The Morgan fingerprint density at radius 2 is 1.97 bits per heavy atom. The van der Waals surface area contributed by atoms with E-state index >= 15 is 0 Å². The van der Waals surface area contributed by atoms with Gasteiger partial charge in [0.25, 0.3) is 5.91 Å². The van der Waals surface area contributed by atoms with Crippen LogP contribution in [-0.4, -0.2) is 40.3 Å². The molecule has 5 nitrogen and oxygen atoms in total. The number of carbonyl (C=O) groups excluding carboxylic acids is 2. The Kier molecular flexibility index (Phi) is 6.66. The molecule has 1 aliphatic rings. The van der Waals surface area contributed by atoms with E-state index in [2.05, 4.69) is 22.4 Å². The van der Waals surface area contributed by atoms with Crippen LogP contribution in [0, 0.1) is 0 Å². The van der Waals surface area contributed by atoms with Gasteiger partial charge in [-0.1, -0.05) is 24.3 Å². The molecule has 3 heterocycles. The second kappa shape index (κ2) is 9.60. The van der Waals surface area contributed by atoms with Gasteiger partial charge in [-0.15, -0.1) is 11.3 Å². The summed E-state index contributed by atoms with van der Waals surface area (Å²) >= 11 is 1.55. The number of thiophene rings is 1. The molecule has 2 amide bonds. The third-order valence-corrected chi connectivity index (χ3v) is 6.98. The molecule has 6 heteroatoms. The second-order valence-electron chi connectivity index (χ2n) is 8.47. The van der Waals surface area contributed by atoms with Crippen molar-refractivity contribution >= 4 is 33.2 Å². The van der Waals surface area contributed by atoms with Gasteiger partial charge >= 0.3 is 0 Å². The average molecular weight is 436 g/mol. The molecule has 1 aromatic carbocycles. The van der Waals surface area contributed by atoms with E-state index in [0.717, 1.165) is 52.0 Å². The third-order valence-electron chi connectivity index (χ3n) is 5.77. The number of aromatic nitrogens is 1. The zero-order valence-corrected chi connectivity index (χ0v) is 19.0. The normalized spacial score (nSPS) is 16.6. The zero-order valence-electron chi connectivity index (χ0n) is 18.1. The molecular formula is C25H29N3O2S. The minimum absolute atomic E-state index is 0.0200. The monoisotopic (exact) mass is 435 g/mol. The molecule has 3 aromatic rings. The van der Waals surface area contributed by atoms with E-state index in [4.69, 9.17) is 0 Å². The zero-order chi connectivity index (χ0) is 21.8. The number of hydrogen-bond donors (Lipinski definition) is 1. The molecule has 0 saturated carbocycles. The van der Waals surface area contributed by atoms with Crippen LogP contribution in [0.5, 0.6) is 0 Å². The van der Waals surface area contributed by atoms with Gasteiger partial charge < -0.3 is 10.2 Å². The number of piperidine rings is 1. The molecule has 1 saturated heterocycles. The van der Waals surface area contributed by atoms with Crippen LogP contribution >= 0.6 is 11.3 Å². The standard InChI is InChI=1S/C25H29N3O2S/c1-17(2)27-25(30)24-21(20-11-3-4-12-22(20)31-24)16-19-10-6-8-14-28(19)23(29)15-18-9-5-7-13-26-18/h3-5,7,9,11-13,17,19H,6,8,10,14-16H2,1-2H3,(H,27,30). The van der Waals surface area contributed by atoms with Crippen LogP contribution in [0.4, 0.5) is 0 Å². The Labute approximate surface area is 187 Å². The Hall–Kier alpha value is -2.73. The molecule has 1 N–H and O–H groups in total. The number of fused-ring (bicyclic) bond motifs is 1. The summed E-state index contributed by atoms with van der Waals surface area (Å²) in [7, 11) is 0. The van der Waals surface area contributed by atoms with Crippen LogP contribution in [0.3, 0.4) is 0 Å². The lowest BCUT2D eigenvalue weighted by atomic mass is 9.93. The molecule has 2 aromatic heterocycles. The van der Waals surface area contributed by atoms with Gasteiger partial charge in [0.1, 0.15) is 0 Å². The highest BCUT2D eigenvalue weighted by atomic mass is 32.1. The van der Waals surface area contributed by atoms with Crippen LogP contribution in [0.15, 0.2) is 48.7 Å². The fourth-order valence-corrected chi connectivity index (χ4v) is 5.48. The first-order valence-electron chi connectivity index (χ1n) is 11.0. The maximum absolute atomic E-state index is 13.1.